The van der Waals surface area contributed by atoms with Crippen LogP contribution < -0.4 is 0 Å². The minimum absolute atomic E-state index is 0.0122. The van der Waals surface area contributed by atoms with Crippen LogP contribution in [0.2, 0.25) is 0 Å². The second kappa shape index (κ2) is 4.89. The van der Waals surface area contributed by atoms with Crippen molar-refractivity contribution in [3.63, 3.8) is 0 Å². The second-order valence-corrected chi connectivity index (χ2v) is 6.09. The molecule has 1 saturated heterocycles. The van der Waals surface area contributed by atoms with Crippen molar-refractivity contribution >= 4 is 11.6 Å². The van der Waals surface area contributed by atoms with Gasteiger partial charge in [0.1, 0.15) is 11.6 Å². The Morgan fingerprint density at radius 2 is 2.06 bits per heavy atom. The number of carbonyl (C=O) groups excluding carboxylic acids is 2. The lowest BCUT2D eigenvalue weighted by Crippen LogP contribution is -2.46. The number of piperidine rings is 1. The number of ketones is 2. The Morgan fingerprint density at radius 1 is 1.35 bits per heavy atom. The van der Waals surface area contributed by atoms with Crippen LogP contribution in [-0.4, -0.2) is 36.6 Å². The molecule has 96 valence electrons. The number of Topliss-reactive ketones (excluding diaryl/α,β-unsaturated/α-hetero) is 2. The molecule has 0 aromatic rings. The molecule has 1 aliphatic heterocycles. The molecule has 2 aliphatic rings. The lowest BCUT2D eigenvalue weighted by Gasteiger charge is -2.41. The molecule has 17 heavy (non-hydrogen) atoms. The normalized spacial score (nSPS) is 34.8. The molecule has 0 radical (unpaired) electrons. The molecular formula is C14H23NO2. The Hall–Kier alpha value is -0.700. The van der Waals surface area contributed by atoms with E-state index in [2.05, 4.69) is 11.9 Å². The largest absolute Gasteiger partial charge is 0.306 e. The maximum Gasteiger partial charge on any atom is 0.145 e. The Labute approximate surface area is 104 Å². The van der Waals surface area contributed by atoms with Gasteiger partial charge in [-0.2, -0.15) is 0 Å². The van der Waals surface area contributed by atoms with E-state index in [4.69, 9.17) is 0 Å². The van der Waals surface area contributed by atoms with Crippen molar-refractivity contribution in [2.24, 2.45) is 23.7 Å². The van der Waals surface area contributed by atoms with E-state index < -0.39 is 0 Å². The number of fused-ring (bicyclic) bond motifs is 1. The molecule has 3 atom stereocenters. The molecule has 1 aliphatic carbocycles. The van der Waals surface area contributed by atoms with Crippen molar-refractivity contribution in [1.82, 2.24) is 4.90 Å². The highest BCUT2D eigenvalue weighted by atomic mass is 16.2. The number of nitrogens with zero attached hydrogens (tertiary/aromatic N) is 1. The predicted molar refractivity (Wildman–Crippen MR) is 66.7 cm³/mol. The summed E-state index contributed by atoms with van der Waals surface area (Å²) < 4.78 is 0. The molecular weight excluding hydrogens is 214 g/mol. The first kappa shape index (κ1) is 12.7. The van der Waals surface area contributed by atoms with Gasteiger partial charge in [-0.05, 0) is 38.3 Å². The van der Waals surface area contributed by atoms with Crippen LogP contribution in [0.1, 0.15) is 33.1 Å². The van der Waals surface area contributed by atoms with Crippen molar-refractivity contribution < 1.29 is 9.59 Å². The third kappa shape index (κ3) is 2.59. The first-order chi connectivity index (χ1) is 7.99. The highest BCUT2D eigenvalue weighted by Gasteiger charge is 2.41. The maximum atomic E-state index is 12.0. The van der Waals surface area contributed by atoms with Gasteiger partial charge in [-0.15, -0.1) is 0 Å². The van der Waals surface area contributed by atoms with Crippen molar-refractivity contribution in [1.29, 1.82) is 0 Å². The number of hydrogen-bond donors (Lipinski definition) is 0. The van der Waals surface area contributed by atoms with Crippen LogP contribution in [0.15, 0.2) is 0 Å². The van der Waals surface area contributed by atoms with E-state index in [-0.39, 0.29) is 23.4 Å². The zero-order valence-electron chi connectivity index (χ0n) is 11.1. The summed E-state index contributed by atoms with van der Waals surface area (Å²) >= 11 is 0. The second-order valence-electron chi connectivity index (χ2n) is 6.09. The van der Waals surface area contributed by atoms with Crippen LogP contribution in [0.3, 0.4) is 0 Å². The summed E-state index contributed by atoms with van der Waals surface area (Å²) in [6, 6.07) is 0. The summed E-state index contributed by atoms with van der Waals surface area (Å²) in [7, 11) is 2.13. The van der Waals surface area contributed by atoms with Gasteiger partial charge in [-0.1, -0.05) is 13.8 Å². The molecule has 2 rings (SSSR count). The highest BCUT2D eigenvalue weighted by molar-refractivity contribution is 6.03. The van der Waals surface area contributed by atoms with Crippen LogP contribution in [0.5, 0.6) is 0 Å². The minimum atomic E-state index is -0.303. The van der Waals surface area contributed by atoms with E-state index in [0.717, 1.165) is 25.9 Å². The number of hydrogen-bond acceptors (Lipinski definition) is 3. The van der Waals surface area contributed by atoms with Crippen LogP contribution >= 0.6 is 0 Å². The smallest absolute Gasteiger partial charge is 0.145 e. The van der Waals surface area contributed by atoms with Crippen molar-refractivity contribution in [3.05, 3.63) is 0 Å². The monoisotopic (exact) mass is 237 g/mol. The van der Waals surface area contributed by atoms with Gasteiger partial charge in [0, 0.05) is 18.9 Å². The standard InChI is InChI=1S/C14H23NO2/c1-9(2)14(17)12-6-11-8-15(3)5-4-10(11)7-13(12)16/h9-12H,4-8H2,1-3H3/t10-,11-,12?/m0/s1. The topological polar surface area (TPSA) is 37.4 Å². The van der Waals surface area contributed by atoms with Crippen LogP contribution in [0.25, 0.3) is 0 Å². The zero-order valence-corrected chi connectivity index (χ0v) is 11.1. The fraction of sp³-hybridized carbons (Fsp3) is 0.857. The van der Waals surface area contributed by atoms with E-state index in [1.807, 2.05) is 13.8 Å². The van der Waals surface area contributed by atoms with Crippen molar-refractivity contribution in [2.45, 2.75) is 33.1 Å². The van der Waals surface area contributed by atoms with E-state index in [1.54, 1.807) is 0 Å². The summed E-state index contributed by atoms with van der Waals surface area (Å²) in [5, 5.41) is 0. The van der Waals surface area contributed by atoms with Gasteiger partial charge in [-0.25, -0.2) is 0 Å². The van der Waals surface area contributed by atoms with Crippen LogP contribution in [0.4, 0.5) is 0 Å². The summed E-state index contributed by atoms with van der Waals surface area (Å²) in [5.74, 6) is 1.13. The third-order valence-corrected chi connectivity index (χ3v) is 4.40. The van der Waals surface area contributed by atoms with E-state index >= 15 is 0 Å². The lowest BCUT2D eigenvalue weighted by molar-refractivity contribution is -0.139. The molecule has 0 bridgehead atoms. The Morgan fingerprint density at radius 3 is 2.71 bits per heavy atom. The summed E-state index contributed by atoms with van der Waals surface area (Å²) in [6.45, 7) is 5.94. The van der Waals surface area contributed by atoms with Crippen LogP contribution in [0, 0.1) is 23.7 Å². The molecule has 0 N–H and O–H groups in total. The quantitative estimate of drug-likeness (QED) is 0.687. The summed E-state index contributed by atoms with van der Waals surface area (Å²) in [5.41, 5.74) is 0. The Balaban J connectivity index is 2.07. The summed E-state index contributed by atoms with van der Waals surface area (Å²) in [6.07, 6.45) is 2.56. The van der Waals surface area contributed by atoms with Gasteiger partial charge in [0.05, 0.1) is 5.92 Å². The summed E-state index contributed by atoms with van der Waals surface area (Å²) in [4.78, 5) is 26.4. The highest BCUT2D eigenvalue weighted by Crippen LogP contribution is 2.37. The third-order valence-electron chi connectivity index (χ3n) is 4.40. The fourth-order valence-electron chi connectivity index (χ4n) is 3.31. The van der Waals surface area contributed by atoms with Gasteiger partial charge in [0.15, 0.2) is 0 Å². The first-order valence-corrected chi connectivity index (χ1v) is 6.74. The number of rotatable bonds is 2. The molecule has 3 nitrogen and oxygen atoms in total. The maximum absolute atomic E-state index is 12.0. The van der Waals surface area contributed by atoms with Crippen molar-refractivity contribution in [3.8, 4) is 0 Å². The van der Waals surface area contributed by atoms with E-state index in [1.165, 1.54) is 0 Å². The molecule has 1 saturated carbocycles. The Bertz CT molecular complexity index is 324. The molecule has 0 amide bonds. The average Bonchev–Trinajstić information content (AvgIpc) is 2.27. The fourth-order valence-corrected chi connectivity index (χ4v) is 3.31. The molecule has 1 unspecified atom stereocenters. The molecule has 2 fully saturated rings. The van der Waals surface area contributed by atoms with Crippen molar-refractivity contribution in [2.75, 3.05) is 20.1 Å². The van der Waals surface area contributed by atoms with Crippen LogP contribution in [-0.2, 0) is 9.59 Å². The predicted octanol–water partition coefficient (Wildman–Crippen LogP) is 1.76. The van der Waals surface area contributed by atoms with Gasteiger partial charge in [0.25, 0.3) is 0 Å². The average molecular weight is 237 g/mol. The Kier molecular flexibility index (Phi) is 3.67. The molecule has 0 spiro atoms. The van der Waals surface area contributed by atoms with Gasteiger partial charge in [0.2, 0.25) is 0 Å². The van der Waals surface area contributed by atoms with Gasteiger partial charge >= 0.3 is 0 Å². The molecule has 0 aromatic carbocycles. The SMILES string of the molecule is CC(C)C(=O)C1C[C@H]2CN(C)CC[C@H]2CC1=O. The van der Waals surface area contributed by atoms with E-state index in [0.29, 0.717) is 18.3 Å². The molecule has 1 heterocycles. The zero-order chi connectivity index (χ0) is 12.6. The first-order valence-electron chi connectivity index (χ1n) is 6.74. The minimum Gasteiger partial charge on any atom is -0.306 e. The lowest BCUT2D eigenvalue weighted by atomic mass is 9.68. The number of carbonyl (C=O) groups is 2. The van der Waals surface area contributed by atoms with E-state index in [9.17, 15) is 9.59 Å². The van der Waals surface area contributed by atoms with Gasteiger partial charge < -0.3 is 4.90 Å². The molecule has 0 aromatic heterocycles. The number of likely N-dealkylation sites (tertiary alicyclic amines) is 1. The van der Waals surface area contributed by atoms with Gasteiger partial charge in [-0.3, -0.25) is 9.59 Å². The molecule has 3 heteroatoms.